The van der Waals surface area contributed by atoms with Gasteiger partial charge in [-0.1, -0.05) is 19.8 Å². The van der Waals surface area contributed by atoms with Crippen LogP contribution in [0.3, 0.4) is 0 Å². The molecule has 5 heteroatoms. The van der Waals surface area contributed by atoms with Crippen LogP contribution in [-0.2, 0) is 9.53 Å². The number of methoxy groups -OCH3 is 1. The smallest absolute Gasteiger partial charge is 0.407 e. The molecule has 0 radical (unpaired) electrons. The highest BCUT2D eigenvalue weighted by Crippen LogP contribution is 2.00. The van der Waals surface area contributed by atoms with Crippen molar-refractivity contribution in [3.63, 3.8) is 0 Å². The molecular weight excluding hydrogens is 174 g/mol. The van der Waals surface area contributed by atoms with Crippen molar-refractivity contribution in [2.75, 3.05) is 7.11 Å². The summed E-state index contributed by atoms with van der Waals surface area (Å²) < 4.78 is 4.30. The van der Waals surface area contributed by atoms with Crippen LogP contribution in [0.2, 0.25) is 0 Å². The third-order valence-electron chi connectivity index (χ3n) is 1.62. The molecule has 0 unspecified atom stereocenters. The monoisotopic (exact) mass is 189 g/mol. The fourth-order valence-electron chi connectivity index (χ4n) is 0.867. The number of hydrogen-bond donors (Lipinski definition) is 2. The molecule has 0 aromatic carbocycles. The summed E-state index contributed by atoms with van der Waals surface area (Å²) in [6.07, 6.45) is 1.39. The van der Waals surface area contributed by atoms with E-state index < -0.39 is 18.1 Å². The highest BCUT2D eigenvalue weighted by molar-refractivity contribution is 5.79. The number of aliphatic carboxylic acids is 1. The lowest BCUT2D eigenvalue weighted by atomic mass is 10.1. The van der Waals surface area contributed by atoms with Crippen LogP contribution >= 0.6 is 0 Å². The molecule has 1 atom stereocenters. The molecule has 13 heavy (non-hydrogen) atoms. The van der Waals surface area contributed by atoms with Gasteiger partial charge < -0.3 is 15.2 Å². The van der Waals surface area contributed by atoms with Gasteiger partial charge in [0, 0.05) is 0 Å². The van der Waals surface area contributed by atoms with Crippen LogP contribution in [0, 0.1) is 0 Å². The van der Waals surface area contributed by atoms with Gasteiger partial charge in [-0.3, -0.25) is 0 Å². The Labute approximate surface area is 77.1 Å². The number of alkyl carbamates (subject to hydrolysis) is 1. The summed E-state index contributed by atoms with van der Waals surface area (Å²) in [5.41, 5.74) is 0. The van der Waals surface area contributed by atoms with Crippen molar-refractivity contribution in [1.29, 1.82) is 0 Å². The van der Waals surface area contributed by atoms with Gasteiger partial charge in [0.15, 0.2) is 0 Å². The minimum atomic E-state index is -1.03. The maximum Gasteiger partial charge on any atom is 0.407 e. The SMILES string of the molecule is CCCC[C@H](NC(=O)OC)C(=O)O. The van der Waals surface area contributed by atoms with Crippen LogP contribution in [-0.4, -0.2) is 30.3 Å². The second-order valence-corrected chi connectivity index (χ2v) is 2.67. The predicted octanol–water partition coefficient (Wildman–Crippen LogP) is 0.986. The van der Waals surface area contributed by atoms with Crippen molar-refractivity contribution < 1.29 is 19.4 Å². The number of hydrogen-bond acceptors (Lipinski definition) is 3. The van der Waals surface area contributed by atoms with Crippen LogP contribution in [0.5, 0.6) is 0 Å². The van der Waals surface area contributed by atoms with Crippen molar-refractivity contribution in [1.82, 2.24) is 5.32 Å². The van der Waals surface area contributed by atoms with Gasteiger partial charge in [-0.05, 0) is 6.42 Å². The molecule has 0 rings (SSSR count). The number of carboxylic acid groups (broad SMARTS) is 1. The molecule has 0 saturated carbocycles. The van der Waals surface area contributed by atoms with Crippen molar-refractivity contribution in [2.24, 2.45) is 0 Å². The Kier molecular flexibility index (Phi) is 5.67. The second-order valence-electron chi connectivity index (χ2n) is 2.67. The molecule has 0 spiro atoms. The standard InChI is InChI=1S/C8H15NO4/c1-3-4-5-6(7(10)11)9-8(12)13-2/h6H,3-5H2,1-2H3,(H,9,12)(H,10,11)/t6-/m0/s1. The van der Waals surface area contributed by atoms with Crippen LogP contribution in [0.1, 0.15) is 26.2 Å². The van der Waals surface area contributed by atoms with Crippen LogP contribution in [0.25, 0.3) is 0 Å². The average molecular weight is 189 g/mol. The zero-order valence-electron chi connectivity index (χ0n) is 7.87. The van der Waals surface area contributed by atoms with Gasteiger partial charge in [0.05, 0.1) is 7.11 Å². The van der Waals surface area contributed by atoms with E-state index >= 15 is 0 Å². The summed E-state index contributed by atoms with van der Waals surface area (Å²) >= 11 is 0. The Bertz CT molecular complexity index is 181. The topological polar surface area (TPSA) is 75.6 Å². The first-order valence-electron chi connectivity index (χ1n) is 4.19. The van der Waals surface area contributed by atoms with Gasteiger partial charge in [0.25, 0.3) is 0 Å². The number of unbranched alkanes of at least 4 members (excludes halogenated alkanes) is 1. The largest absolute Gasteiger partial charge is 0.480 e. The van der Waals surface area contributed by atoms with Crippen LogP contribution in [0.15, 0.2) is 0 Å². The van der Waals surface area contributed by atoms with E-state index in [0.717, 1.165) is 12.8 Å². The molecule has 0 heterocycles. The van der Waals surface area contributed by atoms with Crippen LogP contribution in [0.4, 0.5) is 4.79 Å². The lowest BCUT2D eigenvalue weighted by Gasteiger charge is -2.12. The molecule has 0 fully saturated rings. The normalized spacial score (nSPS) is 11.8. The molecule has 0 aliphatic heterocycles. The van der Waals surface area contributed by atoms with Crippen molar-refractivity contribution in [2.45, 2.75) is 32.2 Å². The number of carbonyl (C=O) groups excluding carboxylic acids is 1. The van der Waals surface area contributed by atoms with E-state index in [0.29, 0.717) is 6.42 Å². The Hall–Kier alpha value is -1.26. The van der Waals surface area contributed by atoms with E-state index in [1.165, 1.54) is 7.11 Å². The minimum Gasteiger partial charge on any atom is -0.480 e. The molecule has 1 amide bonds. The Morgan fingerprint density at radius 3 is 2.54 bits per heavy atom. The lowest BCUT2D eigenvalue weighted by molar-refractivity contribution is -0.139. The molecule has 0 bridgehead atoms. The minimum absolute atomic E-state index is 0.431. The van der Waals surface area contributed by atoms with E-state index in [9.17, 15) is 9.59 Å². The third-order valence-corrected chi connectivity index (χ3v) is 1.62. The molecule has 0 aromatic rings. The van der Waals surface area contributed by atoms with Gasteiger partial charge in [0.1, 0.15) is 6.04 Å². The lowest BCUT2D eigenvalue weighted by Crippen LogP contribution is -2.40. The zero-order valence-corrected chi connectivity index (χ0v) is 7.87. The molecule has 0 aliphatic rings. The van der Waals surface area contributed by atoms with E-state index in [1.54, 1.807) is 0 Å². The highest BCUT2D eigenvalue weighted by Gasteiger charge is 2.18. The van der Waals surface area contributed by atoms with E-state index in [2.05, 4.69) is 10.1 Å². The maximum atomic E-state index is 10.7. The summed E-state index contributed by atoms with van der Waals surface area (Å²) in [6, 6.07) is -0.840. The first kappa shape index (κ1) is 11.7. The molecule has 0 aliphatic carbocycles. The van der Waals surface area contributed by atoms with Crippen LogP contribution < -0.4 is 5.32 Å². The summed E-state index contributed by atoms with van der Waals surface area (Å²) in [6.45, 7) is 1.96. The van der Waals surface area contributed by atoms with Crippen molar-refractivity contribution in [3.8, 4) is 0 Å². The van der Waals surface area contributed by atoms with Gasteiger partial charge in [-0.15, -0.1) is 0 Å². The summed E-state index contributed by atoms with van der Waals surface area (Å²) in [4.78, 5) is 21.3. The molecular formula is C8H15NO4. The van der Waals surface area contributed by atoms with Gasteiger partial charge in [-0.2, -0.15) is 0 Å². The predicted molar refractivity (Wildman–Crippen MR) is 46.5 cm³/mol. The fraction of sp³-hybridized carbons (Fsp3) is 0.750. The Morgan fingerprint density at radius 1 is 1.54 bits per heavy atom. The van der Waals surface area contributed by atoms with Crippen molar-refractivity contribution in [3.05, 3.63) is 0 Å². The zero-order chi connectivity index (χ0) is 10.3. The molecule has 0 saturated heterocycles. The Morgan fingerprint density at radius 2 is 2.15 bits per heavy atom. The maximum absolute atomic E-state index is 10.7. The number of amides is 1. The van der Waals surface area contributed by atoms with Gasteiger partial charge in [0.2, 0.25) is 0 Å². The van der Waals surface area contributed by atoms with E-state index in [4.69, 9.17) is 5.11 Å². The highest BCUT2D eigenvalue weighted by atomic mass is 16.5. The van der Waals surface area contributed by atoms with E-state index in [1.807, 2.05) is 6.92 Å². The average Bonchev–Trinajstić information content (AvgIpc) is 2.11. The summed E-state index contributed by atoms with van der Waals surface area (Å²) in [5, 5.41) is 10.9. The first-order valence-corrected chi connectivity index (χ1v) is 4.19. The number of nitrogens with one attached hydrogen (secondary N) is 1. The molecule has 5 nitrogen and oxygen atoms in total. The van der Waals surface area contributed by atoms with Gasteiger partial charge >= 0.3 is 12.1 Å². The first-order chi connectivity index (χ1) is 6.11. The summed E-state index contributed by atoms with van der Waals surface area (Å²) in [5.74, 6) is -1.03. The number of carbonyl (C=O) groups is 2. The Balaban J connectivity index is 3.94. The summed E-state index contributed by atoms with van der Waals surface area (Å²) in [7, 11) is 1.20. The molecule has 2 N–H and O–H groups in total. The number of ether oxygens (including phenoxy) is 1. The third kappa shape index (κ3) is 5.05. The second kappa shape index (κ2) is 6.28. The fourth-order valence-corrected chi connectivity index (χ4v) is 0.867. The molecule has 76 valence electrons. The van der Waals surface area contributed by atoms with E-state index in [-0.39, 0.29) is 0 Å². The van der Waals surface area contributed by atoms with Gasteiger partial charge in [-0.25, -0.2) is 9.59 Å². The number of rotatable bonds is 5. The quantitative estimate of drug-likeness (QED) is 0.676. The number of carboxylic acids is 1. The molecule has 0 aromatic heterocycles. The van der Waals surface area contributed by atoms with Crippen molar-refractivity contribution >= 4 is 12.1 Å².